The summed E-state index contributed by atoms with van der Waals surface area (Å²) in [6, 6.07) is -15.6. The first-order valence-corrected chi connectivity index (χ1v) is 51.5. The predicted molar refractivity (Wildman–Crippen MR) is 514 cm³/mol. The summed E-state index contributed by atoms with van der Waals surface area (Å²) in [5, 5.41) is 55.5. The van der Waals surface area contributed by atoms with E-state index in [-0.39, 0.29) is 185 Å². The lowest BCUT2D eigenvalue weighted by atomic mass is 10.0. The Bertz CT molecular complexity index is 4280. The summed E-state index contributed by atoms with van der Waals surface area (Å²) in [5.74, 6) is -17.1. The number of carbonyl (C=O) groups is 19. The molecule has 48 heteroatoms. The minimum absolute atomic E-state index is 0.00237. The second-order valence-electron chi connectivity index (χ2n) is 35.4. The number of carboxylic acids is 1. The summed E-state index contributed by atoms with van der Waals surface area (Å²) < 4.78 is 0. The highest BCUT2D eigenvalue weighted by Gasteiger charge is 2.47. The third-order valence-corrected chi connectivity index (χ3v) is 27.6. The molecular formula is C89H146N24O21S3. The van der Waals surface area contributed by atoms with Crippen molar-refractivity contribution in [1.29, 1.82) is 0 Å². The van der Waals surface area contributed by atoms with Crippen molar-refractivity contribution in [1.82, 2.24) is 88.7 Å². The van der Waals surface area contributed by atoms with Crippen LogP contribution in [0.2, 0.25) is 0 Å². The fraction of sp³-hybridized carbons (Fsp3) is 0.708. The number of rotatable bonds is 42. The van der Waals surface area contributed by atoms with Gasteiger partial charge in [-0.2, -0.15) is 11.8 Å². The summed E-state index contributed by atoms with van der Waals surface area (Å²) >= 11 is 1.33. The van der Waals surface area contributed by atoms with Gasteiger partial charge in [-0.05, 0) is 198 Å². The first-order valence-electron chi connectivity index (χ1n) is 47.6. The number of aliphatic carboxylic acids is 1. The van der Waals surface area contributed by atoms with E-state index >= 15 is 33.6 Å². The lowest BCUT2D eigenvalue weighted by molar-refractivity contribution is -0.148. The van der Waals surface area contributed by atoms with E-state index in [9.17, 15) is 67.7 Å². The zero-order chi connectivity index (χ0) is 101. The van der Waals surface area contributed by atoms with E-state index in [1.54, 1.807) is 50.4 Å². The molecule has 1 aromatic rings. The van der Waals surface area contributed by atoms with Crippen molar-refractivity contribution in [3.05, 3.63) is 35.9 Å². The van der Waals surface area contributed by atoms with Crippen LogP contribution in [-0.4, -0.2) is 333 Å². The van der Waals surface area contributed by atoms with E-state index in [1.807, 2.05) is 6.92 Å². The fourth-order valence-corrected chi connectivity index (χ4v) is 19.6. The summed E-state index contributed by atoms with van der Waals surface area (Å²) in [5.41, 5.74) is 35.4. The molecule has 0 aromatic heterocycles. The molecule has 45 nitrogen and oxygen atoms in total. The first-order chi connectivity index (χ1) is 65.4. The van der Waals surface area contributed by atoms with E-state index in [2.05, 4.69) is 74.1 Å². The summed E-state index contributed by atoms with van der Waals surface area (Å²) in [6.45, 7) is 7.45. The van der Waals surface area contributed by atoms with Crippen molar-refractivity contribution in [3.63, 3.8) is 0 Å². The molecule has 137 heavy (non-hydrogen) atoms. The lowest BCUT2D eigenvalue weighted by Crippen LogP contribution is -2.61. The topological polar surface area (TPSA) is 703 Å². The zero-order valence-electron chi connectivity index (χ0n) is 79.4. The van der Waals surface area contributed by atoms with Gasteiger partial charge in [0.25, 0.3) is 0 Å². The van der Waals surface area contributed by atoms with Crippen LogP contribution in [0.25, 0.3) is 0 Å². The number of fused-ring (bicyclic) bond motifs is 1. The molecule has 0 saturated carbocycles. The zero-order valence-corrected chi connectivity index (χ0v) is 81.9. The molecule has 5 aliphatic rings. The van der Waals surface area contributed by atoms with Crippen molar-refractivity contribution >= 4 is 152 Å². The molecule has 0 bridgehead atoms. The standard InChI is InChI=1S/C89H146N24O21S3/c1-7-8-25-61-85(131)110-42-19-30-66(110)82(128)97-52(4)73(119)108-64(49-114)80(126)107-63(48-54-23-10-9-11-24-54)79(125)109-65(81(127)106-62(28-14-17-40-92)86(132)113-45-22-33-69(113)87(133)111-43-20-31-67(111)83(129)99-55(72(93)118)34-35-70(116)117)50-137-136-47-37-60(103-77(123)59(36-46-135-6)104-84(130)68-32-21-44-112(68)88(134)71(51(2)3)98-53(5)115)78(124)101-56(26-12-15-38-90)74(120)102-58(29-18-41-96-89(94)95)75(121)100-57(76(122)105-61)27-13-16-39-91/h9-11,23-24,51-52,55-69,71,114H,7-8,12-22,25-50,90-92H2,1-6H3,(H2,93,118)(H,97,128)(H,98,115)(H,99,129)(H,100,121)(H,101,124)(H,102,120)(H,103,123)(H,104,130)(H,105,122)(H,106,127)(H,107,126)(H,108,119)(H,109,125)(H,116,117)(H4,94,95,96)/t52?,55-,56-,57-,58-,59-,60?,61?,62?,63-,64-,65-,66-,67-,68-,69-,71-/m0/s1. The molecule has 0 spiro atoms. The van der Waals surface area contributed by atoms with Gasteiger partial charge in [0.2, 0.25) is 106 Å². The van der Waals surface area contributed by atoms with E-state index in [4.69, 9.17) is 34.4 Å². The number of aliphatic hydroxyl groups excluding tert-OH is 1. The number of nitrogens with zero attached hydrogens (tertiary/aromatic N) is 5. The number of primary amides is 1. The van der Waals surface area contributed by atoms with Crippen molar-refractivity contribution in [2.75, 3.05) is 82.5 Å². The Balaban J connectivity index is 1.49. The summed E-state index contributed by atoms with van der Waals surface area (Å²) in [4.78, 5) is 284. The van der Waals surface area contributed by atoms with Crippen LogP contribution in [-0.2, 0) is 97.5 Å². The Morgan fingerprint density at radius 3 is 1.62 bits per heavy atom. The summed E-state index contributed by atoms with van der Waals surface area (Å²) in [7, 11) is 1.96. The molecule has 5 saturated heterocycles. The average molecular weight is 1980 g/mol. The Hall–Kier alpha value is -10.7. The van der Waals surface area contributed by atoms with Crippen LogP contribution in [0, 0.1) is 5.92 Å². The van der Waals surface area contributed by atoms with Crippen molar-refractivity contribution < 1.29 is 101 Å². The van der Waals surface area contributed by atoms with Gasteiger partial charge in [0.1, 0.15) is 103 Å². The van der Waals surface area contributed by atoms with Gasteiger partial charge >= 0.3 is 5.97 Å². The van der Waals surface area contributed by atoms with Gasteiger partial charge < -0.3 is 133 Å². The number of hydrogen-bond donors (Lipinski definition) is 21. The number of benzene rings is 1. The number of nitrogens with two attached hydrogens (primary N) is 6. The van der Waals surface area contributed by atoms with Crippen LogP contribution in [0.4, 0.5) is 0 Å². The van der Waals surface area contributed by atoms with Crippen LogP contribution in [0.15, 0.2) is 35.3 Å². The Labute approximate surface area is 811 Å². The van der Waals surface area contributed by atoms with E-state index < -0.39 is 240 Å². The van der Waals surface area contributed by atoms with Gasteiger partial charge in [-0.25, -0.2) is 0 Å². The molecule has 5 heterocycles. The monoisotopic (exact) mass is 1980 g/mol. The molecule has 0 radical (unpaired) electrons. The number of aliphatic imine (C=N–C) groups is 1. The third-order valence-electron chi connectivity index (χ3n) is 24.5. The van der Waals surface area contributed by atoms with Gasteiger partial charge in [0.15, 0.2) is 5.96 Å². The number of carbonyl (C=O) groups excluding carboxylic acids is 18. The number of hydrogen-bond acceptors (Lipinski definition) is 27. The highest BCUT2D eigenvalue weighted by atomic mass is 33.1. The number of amides is 18. The largest absolute Gasteiger partial charge is 0.481 e. The van der Waals surface area contributed by atoms with E-state index in [0.29, 0.717) is 56.9 Å². The Kier molecular flexibility index (Phi) is 50.6. The van der Waals surface area contributed by atoms with Crippen molar-refractivity contribution in [2.24, 2.45) is 45.3 Å². The summed E-state index contributed by atoms with van der Waals surface area (Å²) in [6.07, 6.45) is 4.51. The average Bonchev–Trinajstić information content (AvgIpc) is 1.66. The van der Waals surface area contributed by atoms with Crippen LogP contribution in [0.1, 0.15) is 207 Å². The maximum Gasteiger partial charge on any atom is 0.303 e. The predicted octanol–water partition coefficient (Wildman–Crippen LogP) is -4.30. The first kappa shape index (κ1) is 115. The molecule has 17 atom stereocenters. The van der Waals surface area contributed by atoms with E-state index in [1.165, 1.54) is 45.2 Å². The molecule has 18 amide bonds. The number of nitrogens with one attached hydrogen (secondary N) is 13. The normalized spacial score (nSPS) is 24.3. The number of likely N-dealkylation sites (tertiary alicyclic amines) is 3. The highest BCUT2D eigenvalue weighted by molar-refractivity contribution is 8.76. The second-order valence-corrected chi connectivity index (χ2v) is 39.0. The van der Waals surface area contributed by atoms with Gasteiger partial charge in [0.05, 0.1) is 6.61 Å². The van der Waals surface area contributed by atoms with E-state index in [0.717, 1.165) is 21.6 Å². The molecule has 1 aromatic carbocycles. The number of aliphatic hydroxyl groups is 1. The fourth-order valence-electron chi connectivity index (χ4n) is 16.9. The van der Waals surface area contributed by atoms with Crippen LogP contribution in [0.3, 0.4) is 0 Å². The van der Waals surface area contributed by atoms with Crippen LogP contribution < -0.4 is 104 Å². The SMILES string of the molecule is CCCCC1NC(=O)[C@H](CCCCN)NC(=O)[C@H](CCCN=C(N)N)NC(=O)[C@H](CCCCN)NC(=O)C(NC(=O)[C@H](CCSC)NC(=O)[C@@H]2CCCN2C(=O)[C@@H](NC(C)=O)C(C)C)CCSSC[C@@H](C(=O)NC(CCCCN)C(=O)N2CCC[C@H]2C(=O)N2CCC[C@H]2C(=O)N[C@@H](CCC(=O)O)C(N)=O)NC(=O)[C@H](Cc2ccccc2)NC(=O)[C@H](CO)NC(=O)C(C)NC(=O)[C@@H]2CCCN2C1=O. The van der Waals surface area contributed by atoms with Gasteiger partial charge in [-0.3, -0.25) is 96.1 Å². The smallest absolute Gasteiger partial charge is 0.303 e. The maximum atomic E-state index is 15.6. The number of guanidine groups is 1. The Morgan fingerprint density at radius 2 is 1.05 bits per heavy atom. The second kappa shape index (κ2) is 60.2. The van der Waals surface area contributed by atoms with Crippen molar-refractivity contribution in [2.45, 2.75) is 311 Å². The molecule has 5 aliphatic heterocycles. The van der Waals surface area contributed by atoms with Crippen LogP contribution >= 0.6 is 33.3 Å². The van der Waals surface area contributed by atoms with Gasteiger partial charge in [0, 0.05) is 64.0 Å². The molecule has 5 fully saturated rings. The molecule has 4 unspecified atom stereocenters. The third kappa shape index (κ3) is 37.2. The van der Waals surface area contributed by atoms with Gasteiger partial charge in [-0.15, -0.1) is 0 Å². The van der Waals surface area contributed by atoms with Gasteiger partial charge in [-0.1, -0.05) is 85.5 Å². The lowest BCUT2D eigenvalue weighted by Gasteiger charge is -2.33. The van der Waals surface area contributed by atoms with Crippen LogP contribution in [0.5, 0.6) is 0 Å². The quantitative estimate of drug-likeness (QED) is 0.0127. The molecule has 6 rings (SSSR count). The minimum Gasteiger partial charge on any atom is -0.481 e. The Morgan fingerprint density at radius 1 is 0.533 bits per heavy atom. The highest BCUT2D eigenvalue weighted by Crippen LogP contribution is 2.30. The molecular weight excluding hydrogens is 1840 g/mol. The molecule has 766 valence electrons. The molecule has 0 aliphatic carbocycles. The molecule has 27 N–H and O–H groups in total. The van der Waals surface area contributed by atoms with Crippen molar-refractivity contribution in [3.8, 4) is 0 Å². The maximum absolute atomic E-state index is 15.6. The number of thioether (sulfide) groups is 1. The number of unbranched alkanes of at least 4 members (excludes halogenated alkanes) is 4. The number of carboxylic acid groups (broad SMARTS) is 1. The minimum atomic E-state index is -1.83.